The van der Waals surface area contributed by atoms with Crippen LogP contribution in [0.15, 0.2) is 71.7 Å². The van der Waals surface area contributed by atoms with Crippen molar-refractivity contribution in [2.45, 2.75) is 39.0 Å². The molecule has 0 aromatic heterocycles. The van der Waals surface area contributed by atoms with E-state index in [4.69, 9.17) is 0 Å². The SMILES string of the molecule is CCCCc1ccc(C#Cc2ccc3c(c2)CCC(c2ccc(N=C=S)cc2)=C3)cc1. The van der Waals surface area contributed by atoms with Gasteiger partial charge in [-0.3, -0.25) is 0 Å². The van der Waals surface area contributed by atoms with E-state index in [1.165, 1.54) is 40.7 Å². The van der Waals surface area contributed by atoms with Crippen molar-refractivity contribution in [3.63, 3.8) is 0 Å². The molecule has 1 aliphatic carbocycles. The van der Waals surface area contributed by atoms with Crippen LogP contribution in [0.25, 0.3) is 11.6 Å². The van der Waals surface area contributed by atoms with Gasteiger partial charge in [0.25, 0.3) is 0 Å². The number of isothiocyanates is 1. The highest BCUT2D eigenvalue weighted by molar-refractivity contribution is 7.78. The highest BCUT2D eigenvalue weighted by Crippen LogP contribution is 2.31. The lowest BCUT2D eigenvalue weighted by Crippen LogP contribution is -1.99. The van der Waals surface area contributed by atoms with E-state index >= 15 is 0 Å². The Balaban J connectivity index is 1.49. The van der Waals surface area contributed by atoms with Crippen molar-refractivity contribution >= 4 is 34.7 Å². The maximum absolute atomic E-state index is 4.67. The zero-order chi connectivity index (χ0) is 21.5. The molecule has 0 bridgehead atoms. The van der Waals surface area contributed by atoms with Crippen molar-refractivity contribution in [1.29, 1.82) is 0 Å². The molecular weight excluding hydrogens is 394 g/mol. The van der Waals surface area contributed by atoms with E-state index in [1.807, 2.05) is 12.1 Å². The van der Waals surface area contributed by atoms with Crippen LogP contribution in [0.2, 0.25) is 0 Å². The molecule has 0 radical (unpaired) electrons. The third-order valence-corrected chi connectivity index (χ3v) is 5.76. The predicted molar refractivity (Wildman–Crippen MR) is 135 cm³/mol. The fourth-order valence-electron chi connectivity index (χ4n) is 3.88. The molecule has 0 spiro atoms. The fourth-order valence-corrected chi connectivity index (χ4v) is 3.99. The number of benzene rings is 3. The number of aryl methyl sites for hydroxylation is 2. The maximum atomic E-state index is 4.67. The number of hydrogen-bond acceptors (Lipinski definition) is 2. The smallest absolute Gasteiger partial charge is 0.0739 e. The molecule has 0 unspecified atom stereocenters. The number of allylic oxidation sites excluding steroid dienone is 1. The summed E-state index contributed by atoms with van der Waals surface area (Å²) < 4.78 is 0. The first-order chi connectivity index (χ1) is 15.2. The van der Waals surface area contributed by atoms with Gasteiger partial charge in [0.05, 0.1) is 10.8 Å². The largest absolute Gasteiger partial charge is 0.195 e. The van der Waals surface area contributed by atoms with Gasteiger partial charge in [-0.05, 0) is 102 Å². The van der Waals surface area contributed by atoms with E-state index in [0.717, 1.165) is 36.1 Å². The summed E-state index contributed by atoms with van der Waals surface area (Å²) in [5.74, 6) is 6.65. The Hall–Kier alpha value is -3.24. The summed E-state index contributed by atoms with van der Waals surface area (Å²) in [6, 6.07) is 23.4. The molecule has 1 aliphatic rings. The fraction of sp³-hybridized carbons (Fsp3) is 0.207. The van der Waals surface area contributed by atoms with Crippen molar-refractivity contribution in [2.24, 2.45) is 4.99 Å². The highest BCUT2D eigenvalue weighted by Gasteiger charge is 2.12. The molecule has 3 aromatic carbocycles. The van der Waals surface area contributed by atoms with Crippen molar-refractivity contribution in [3.05, 3.63) is 100 Å². The summed E-state index contributed by atoms with van der Waals surface area (Å²) in [4.78, 5) is 4.03. The first-order valence-corrected chi connectivity index (χ1v) is 11.3. The Morgan fingerprint density at radius 2 is 1.61 bits per heavy atom. The number of hydrogen-bond donors (Lipinski definition) is 0. The summed E-state index contributed by atoms with van der Waals surface area (Å²) in [5.41, 5.74) is 9.63. The molecular formula is C29H25NS. The Bertz CT molecular complexity index is 1200. The average Bonchev–Trinajstić information content (AvgIpc) is 2.82. The van der Waals surface area contributed by atoms with Crippen molar-refractivity contribution in [3.8, 4) is 11.8 Å². The van der Waals surface area contributed by atoms with Gasteiger partial charge in [-0.1, -0.05) is 61.6 Å². The number of nitrogens with zero attached hydrogens (tertiary/aromatic N) is 1. The highest BCUT2D eigenvalue weighted by atomic mass is 32.1. The molecule has 2 heteroatoms. The molecule has 0 N–H and O–H groups in total. The second-order valence-corrected chi connectivity index (χ2v) is 8.07. The minimum atomic E-state index is 0.842. The van der Waals surface area contributed by atoms with Gasteiger partial charge < -0.3 is 0 Å². The van der Waals surface area contributed by atoms with E-state index in [2.05, 4.69) is 102 Å². The zero-order valence-corrected chi connectivity index (χ0v) is 18.6. The second kappa shape index (κ2) is 10.2. The minimum Gasteiger partial charge on any atom is -0.195 e. The molecule has 0 atom stereocenters. The third kappa shape index (κ3) is 5.47. The Morgan fingerprint density at radius 1 is 0.871 bits per heavy atom. The summed E-state index contributed by atoms with van der Waals surface area (Å²) >= 11 is 4.67. The number of rotatable bonds is 5. The maximum Gasteiger partial charge on any atom is 0.0739 e. The first kappa shape index (κ1) is 21.0. The lowest BCUT2D eigenvalue weighted by Gasteiger charge is -2.17. The van der Waals surface area contributed by atoms with Gasteiger partial charge in [0, 0.05) is 11.1 Å². The zero-order valence-electron chi connectivity index (χ0n) is 17.8. The topological polar surface area (TPSA) is 12.4 Å². The van der Waals surface area contributed by atoms with E-state index in [-0.39, 0.29) is 0 Å². The molecule has 1 nitrogen and oxygen atoms in total. The normalized spacial score (nSPS) is 12.1. The lowest BCUT2D eigenvalue weighted by atomic mass is 9.88. The van der Waals surface area contributed by atoms with E-state index in [1.54, 1.807) is 0 Å². The first-order valence-electron chi connectivity index (χ1n) is 10.9. The molecule has 0 heterocycles. The quantitative estimate of drug-likeness (QED) is 0.235. The van der Waals surface area contributed by atoms with E-state index < -0.39 is 0 Å². The third-order valence-electron chi connectivity index (χ3n) is 5.67. The van der Waals surface area contributed by atoms with Crippen molar-refractivity contribution in [1.82, 2.24) is 0 Å². The van der Waals surface area contributed by atoms with Gasteiger partial charge in [0.15, 0.2) is 0 Å². The van der Waals surface area contributed by atoms with Gasteiger partial charge in [0.1, 0.15) is 0 Å². The van der Waals surface area contributed by atoms with Crippen molar-refractivity contribution < 1.29 is 0 Å². The summed E-state index contributed by atoms with van der Waals surface area (Å²) in [6.07, 6.45) is 7.97. The molecule has 0 saturated carbocycles. The van der Waals surface area contributed by atoms with Crippen LogP contribution in [-0.4, -0.2) is 5.16 Å². The molecule has 0 aliphatic heterocycles. The molecule has 0 saturated heterocycles. The number of thiocarbonyl (C=S) groups is 1. The Kier molecular flexibility index (Phi) is 6.90. The number of aliphatic imine (C=N–C) groups is 1. The van der Waals surface area contributed by atoms with Gasteiger partial charge in [-0.2, -0.15) is 4.99 Å². The van der Waals surface area contributed by atoms with Gasteiger partial charge in [0.2, 0.25) is 0 Å². The van der Waals surface area contributed by atoms with Gasteiger partial charge in [-0.25, -0.2) is 0 Å². The Morgan fingerprint density at radius 3 is 2.35 bits per heavy atom. The monoisotopic (exact) mass is 419 g/mol. The van der Waals surface area contributed by atoms with Crippen LogP contribution in [0, 0.1) is 11.8 Å². The van der Waals surface area contributed by atoms with Crippen LogP contribution >= 0.6 is 12.2 Å². The molecule has 3 aromatic rings. The van der Waals surface area contributed by atoms with E-state index in [0.29, 0.717) is 0 Å². The number of unbranched alkanes of at least 4 members (excludes halogenated alkanes) is 1. The van der Waals surface area contributed by atoms with Crippen LogP contribution < -0.4 is 0 Å². The minimum absolute atomic E-state index is 0.842. The average molecular weight is 420 g/mol. The van der Waals surface area contributed by atoms with E-state index in [9.17, 15) is 0 Å². The van der Waals surface area contributed by atoms with Gasteiger partial charge >= 0.3 is 0 Å². The van der Waals surface area contributed by atoms with Crippen LogP contribution in [-0.2, 0) is 12.8 Å². The molecule has 0 fully saturated rings. The second-order valence-electron chi connectivity index (χ2n) is 7.88. The standard InChI is InChI=1S/C29H25NS/c1-2-3-4-22-5-7-23(8-6-22)9-10-24-11-12-28-20-27(14-13-26(28)19-24)25-15-17-29(18-16-25)30-21-31/h5-8,11-12,15-20H,2-4,13-14H2,1H3. The van der Waals surface area contributed by atoms with Crippen LogP contribution in [0.5, 0.6) is 0 Å². The van der Waals surface area contributed by atoms with Crippen LogP contribution in [0.4, 0.5) is 5.69 Å². The molecule has 31 heavy (non-hydrogen) atoms. The van der Waals surface area contributed by atoms with Gasteiger partial charge in [-0.15, -0.1) is 0 Å². The molecule has 152 valence electrons. The Labute approximate surface area is 190 Å². The van der Waals surface area contributed by atoms with Crippen molar-refractivity contribution in [2.75, 3.05) is 0 Å². The molecule has 4 rings (SSSR count). The van der Waals surface area contributed by atoms with Crippen LogP contribution in [0.1, 0.15) is 59.6 Å². The van der Waals surface area contributed by atoms with Crippen LogP contribution in [0.3, 0.4) is 0 Å². The molecule has 0 amide bonds. The summed E-state index contributed by atoms with van der Waals surface area (Å²) in [7, 11) is 0. The number of fused-ring (bicyclic) bond motifs is 1. The predicted octanol–water partition coefficient (Wildman–Crippen LogP) is 7.65. The summed E-state index contributed by atoms with van der Waals surface area (Å²) in [6.45, 7) is 2.23. The summed E-state index contributed by atoms with van der Waals surface area (Å²) in [5, 5.41) is 2.41. The lowest BCUT2D eigenvalue weighted by molar-refractivity contribution is 0.795.